The Labute approximate surface area is 180 Å². The molecule has 0 saturated carbocycles. The van der Waals surface area contributed by atoms with Gasteiger partial charge in [-0.3, -0.25) is 20.4 Å². The first-order chi connectivity index (χ1) is 14.7. The number of nitrogens with one attached hydrogen (secondary N) is 2. The van der Waals surface area contributed by atoms with Gasteiger partial charge in [-0.15, -0.1) is 0 Å². The Morgan fingerprint density at radius 3 is 2.48 bits per heavy atom. The summed E-state index contributed by atoms with van der Waals surface area (Å²) in [5, 5.41) is 0. The Kier molecular flexibility index (Phi) is 6.91. The van der Waals surface area contributed by atoms with Gasteiger partial charge in [0.05, 0.1) is 4.90 Å². The molecule has 1 fully saturated rings. The van der Waals surface area contributed by atoms with Gasteiger partial charge in [-0.1, -0.05) is 29.8 Å². The lowest BCUT2D eigenvalue weighted by atomic mass is 10.2. The van der Waals surface area contributed by atoms with E-state index in [9.17, 15) is 22.4 Å². The predicted octanol–water partition coefficient (Wildman–Crippen LogP) is 1.90. The van der Waals surface area contributed by atoms with Crippen LogP contribution < -0.4 is 15.6 Å². The van der Waals surface area contributed by atoms with Crippen molar-refractivity contribution in [3.05, 3.63) is 59.9 Å². The third kappa shape index (κ3) is 5.20. The molecule has 2 atom stereocenters. The number of rotatable bonds is 6. The molecular weight excluding hydrogens is 425 g/mol. The van der Waals surface area contributed by atoms with Gasteiger partial charge < -0.3 is 4.74 Å². The molecule has 3 rings (SSSR count). The van der Waals surface area contributed by atoms with Gasteiger partial charge in [-0.05, 0) is 51.0 Å². The molecule has 8 nitrogen and oxygen atoms in total. The van der Waals surface area contributed by atoms with Crippen molar-refractivity contribution < 1.29 is 27.1 Å². The van der Waals surface area contributed by atoms with Crippen LogP contribution in [0, 0.1) is 12.7 Å². The van der Waals surface area contributed by atoms with Crippen molar-refractivity contribution in [1.82, 2.24) is 15.2 Å². The van der Waals surface area contributed by atoms with Crippen molar-refractivity contribution in [2.24, 2.45) is 0 Å². The monoisotopic (exact) mass is 449 g/mol. The largest absolute Gasteiger partial charge is 0.478 e. The zero-order chi connectivity index (χ0) is 22.6. The molecular formula is C21H24FN3O5S. The lowest BCUT2D eigenvalue weighted by molar-refractivity contribution is -0.134. The molecule has 0 aromatic heterocycles. The minimum atomic E-state index is -3.86. The summed E-state index contributed by atoms with van der Waals surface area (Å²) in [5.74, 6) is -2.07. The highest BCUT2D eigenvalue weighted by molar-refractivity contribution is 7.89. The fraction of sp³-hybridized carbons (Fsp3) is 0.333. The summed E-state index contributed by atoms with van der Waals surface area (Å²) >= 11 is 0. The average Bonchev–Trinajstić information content (AvgIpc) is 3.24. The Balaban J connectivity index is 1.61. The van der Waals surface area contributed by atoms with Crippen LogP contribution in [-0.2, 0) is 19.6 Å². The van der Waals surface area contributed by atoms with Crippen molar-refractivity contribution in [2.45, 2.75) is 43.7 Å². The molecule has 0 radical (unpaired) electrons. The molecule has 2 N–H and O–H groups in total. The molecule has 0 aliphatic carbocycles. The fourth-order valence-electron chi connectivity index (χ4n) is 3.23. The van der Waals surface area contributed by atoms with Crippen LogP contribution in [0.3, 0.4) is 0 Å². The van der Waals surface area contributed by atoms with E-state index < -0.39 is 39.8 Å². The van der Waals surface area contributed by atoms with E-state index in [-0.39, 0.29) is 17.2 Å². The topological polar surface area (TPSA) is 105 Å². The van der Waals surface area contributed by atoms with E-state index in [0.29, 0.717) is 12.8 Å². The Bertz CT molecular complexity index is 1060. The van der Waals surface area contributed by atoms with E-state index in [1.807, 2.05) is 6.92 Å². The number of nitrogens with zero attached hydrogens (tertiary/aromatic N) is 1. The minimum absolute atomic E-state index is 0.0948. The summed E-state index contributed by atoms with van der Waals surface area (Å²) in [6.07, 6.45) is -0.244. The molecule has 2 unspecified atom stereocenters. The number of ether oxygens (including phenoxy) is 1. The van der Waals surface area contributed by atoms with Gasteiger partial charge in [0.15, 0.2) is 17.7 Å². The number of hydrogen-bond donors (Lipinski definition) is 2. The number of benzene rings is 2. The number of hydrazine groups is 1. The molecule has 0 spiro atoms. The van der Waals surface area contributed by atoms with Crippen molar-refractivity contribution in [2.75, 3.05) is 6.54 Å². The van der Waals surface area contributed by atoms with Gasteiger partial charge in [0.2, 0.25) is 10.0 Å². The highest BCUT2D eigenvalue weighted by Gasteiger charge is 2.39. The van der Waals surface area contributed by atoms with Crippen LogP contribution >= 0.6 is 0 Å². The number of carbonyl (C=O) groups is 2. The normalized spacial score (nSPS) is 17.7. The van der Waals surface area contributed by atoms with Crippen LogP contribution in [0.15, 0.2) is 53.4 Å². The fourth-order valence-corrected chi connectivity index (χ4v) is 4.88. The zero-order valence-corrected chi connectivity index (χ0v) is 18.0. The first kappa shape index (κ1) is 22.7. The summed E-state index contributed by atoms with van der Waals surface area (Å²) in [4.78, 5) is 24.9. The Hall–Kier alpha value is -2.98. The van der Waals surface area contributed by atoms with Crippen LogP contribution in [0.4, 0.5) is 4.39 Å². The maximum Gasteiger partial charge on any atom is 0.279 e. The van der Waals surface area contributed by atoms with E-state index >= 15 is 0 Å². The smallest absolute Gasteiger partial charge is 0.279 e. The third-order valence-corrected chi connectivity index (χ3v) is 6.87. The van der Waals surface area contributed by atoms with Crippen LogP contribution in [-0.4, -0.2) is 43.2 Å². The summed E-state index contributed by atoms with van der Waals surface area (Å²) in [6.45, 7) is 3.45. The lowest BCUT2D eigenvalue weighted by Gasteiger charge is -2.24. The van der Waals surface area contributed by atoms with Gasteiger partial charge >= 0.3 is 0 Å². The molecule has 1 aliphatic rings. The van der Waals surface area contributed by atoms with Gasteiger partial charge in [-0.2, -0.15) is 4.31 Å². The highest BCUT2D eigenvalue weighted by Crippen LogP contribution is 2.26. The number of sulfonamides is 1. The predicted molar refractivity (Wildman–Crippen MR) is 111 cm³/mol. The average molecular weight is 450 g/mol. The molecule has 1 heterocycles. The van der Waals surface area contributed by atoms with Crippen LogP contribution in [0.5, 0.6) is 5.75 Å². The second kappa shape index (κ2) is 9.44. The summed E-state index contributed by atoms with van der Waals surface area (Å²) < 4.78 is 46.0. The van der Waals surface area contributed by atoms with Gasteiger partial charge in [0, 0.05) is 6.54 Å². The first-order valence-corrected chi connectivity index (χ1v) is 11.2. The van der Waals surface area contributed by atoms with E-state index in [4.69, 9.17) is 4.74 Å². The maximum absolute atomic E-state index is 13.7. The van der Waals surface area contributed by atoms with E-state index in [1.54, 1.807) is 18.2 Å². The first-order valence-electron chi connectivity index (χ1n) is 9.79. The van der Waals surface area contributed by atoms with Gasteiger partial charge in [0.1, 0.15) is 6.04 Å². The van der Waals surface area contributed by atoms with Crippen molar-refractivity contribution >= 4 is 21.8 Å². The van der Waals surface area contributed by atoms with E-state index in [1.165, 1.54) is 37.3 Å². The number of carbonyl (C=O) groups excluding carboxylic acids is 2. The van der Waals surface area contributed by atoms with Crippen LogP contribution in [0.1, 0.15) is 25.3 Å². The molecule has 31 heavy (non-hydrogen) atoms. The summed E-state index contributed by atoms with van der Waals surface area (Å²) in [6, 6.07) is 11.1. The number of hydrogen-bond acceptors (Lipinski definition) is 5. The second-order valence-electron chi connectivity index (χ2n) is 7.26. The molecule has 1 saturated heterocycles. The standard InChI is InChI=1S/C21H24FN3O5S/c1-14-9-11-16(12-10-14)31(28,29)25-13-5-7-18(25)21(27)24-23-20(26)15(2)30-19-8-4-3-6-17(19)22/h3-4,6,8-12,15,18H,5,7,13H2,1-2H3,(H,23,26)(H,24,27). The van der Waals surface area contributed by atoms with E-state index in [2.05, 4.69) is 10.9 Å². The van der Waals surface area contributed by atoms with Crippen molar-refractivity contribution in [3.63, 3.8) is 0 Å². The van der Waals surface area contributed by atoms with Gasteiger partial charge in [-0.25, -0.2) is 12.8 Å². The van der Waals surface area contributed by atoms with Crippen molar-refractivity contribution in [3.8, 4) is 5.75 Å². The summed E-state index contributed by atoms with van der Waals surface area (Å²) in [7, 11) is -3.86. The zero-order valence-electron chi connectivity index (χ0n) is 17.2. The minimum Gasteiger partial charge on any atom is -0.478 e. The number of amides is 2. The molecule has 10 heteroatoms. The molecule has 2 amide bonds. The van der Waals surface area contributed by atoms with Crippen LogP contribution in [0.25, 0.3) is 0 Å². The third-order valence-electron chi connectivity index (χ3n) is 4.95. The maximum atomic E-state index is 13.7. The molecule has 1 aliphatic heterocycles. The molecule has 0 bridgehead atoms. The second-order valence-corrected chi connectivity index (χ2v) is 9.15. The Morgan fingerprint density at radius 2 is 1.81 bits per heavy atom. The highest BCUT2D eigenvalue weighted by atomic mass is 32.2. The lowest BCUT2D eigenvalue weighted by Crippen LogP contribution is -2.53. The van der Waals surface area contributed by atoms with E-state index in [0.717, 1.165) is 9.87 Å². The quantitative estimate of drug-likeness (QED) is 0.656. The molecule has 166 valence electrons. The number of para-hydroxylation sites is 1. The van der Waals surface area contributed by atoms with Crippen LogP contribution in [0.2, 0.25) is 0 Å². The number of halogens is 1. The summed E-state index contributed by atoms with van der Waals surface area (Å²) in [5.41, 5.74) is 5.38. The molecule has 2 aromatic carbocycles. The molecule has 2 aromatic rings. The van der Waals surface area contributed by atoms with Gasteiger partial charge in [0.25, 0.3) is 11.8 Å². The number of aryl methyl sites for hydroxylation is 1. The SMILES string of the molecule is Cc1ccc(S(=O)(=O)N2CCCC2C(=O)NNC(=O)C(C)Oc2ccccc2F)cc1. The van der Waals surface area contributed by atoms with Crippen molar-refractivity contribution in [1.29, 1.82) is 0 Å². The Morgan fingerprint density at radius 1 is 1.13 bits per heavy atom.